The van der Waals surface area contributed by atoms with Gasteiger partial charge in [0.15, 0.2) is 11.6 Å². The van der Waals surface area contributed by atoms with E-state index in [1.165, 1.54) is 27.7 Å². The van der Waals surface area contributed by atoms with Gasteiger partial charge in [-0.2, -0.15) is 0 Å². The molecule has 0 saturated carbocycles. The zero-order valence-corrected chi connectivity index (χ0v) is 13.0. The van der Waals surface area contributed by atoms with Gasteiger partial charge in [-0.3, -0.25) is 9.59 Å². The zero-order valence-electron chi connectivity index (χ0n) is 9.99. The van der Waals surface area contributed by atoms with Crippen LogP contribution in [0.5, 0.6) is 0 Å². The van der Waals surface area contributed by atoms with Crippen molar-refractivity contribution in [1.29, 1.82) is 0 Å². The summed E-state index contributed by atoms with van der Waals surface area (Å²) < 4.78 is 0. The van der Waals surface area contributed by atoms with E-state index in [0.717, 1.165) is 12.2 Å². The monoisotopic (exact) mass is 280 g/mol. The molecule has 0 atom stereocenters. The van der Waals surface area contributed by atoms with E-state index in [4.69, 9.17) is 0 Å². The summed E-state index contributed by atoms with van der Waals surface area (Å²) in [5, 5.41) is 20.0. The van der Waals surface area contributed by atoms with Crippen molar-refractivity contribution in [2.45, 2.75) is 27.7 Å². The minimum atomic E-state index is -0.187. The molecule has 88 valence electrons. The van der Waals surface area contributed by atoms with Crippen LogP contribution in [-0.2, 0) is 29.1 Å². The van der Waals surface area contributed by atoms with E-state index >= 15 is 0 Å². The van der Waals surface area contributed by atoms with Crippen LogP contribution in [0.15, 0.2) is 23.7 Å². The molecular weight excluding hydrogens is 265 g/mol. The Bertz CT molecular complexity index is 232. The number of rotatable bonds is 2. The maximum Gasteiger partial charge on any atom is 2.00 e. The fourth-order valence-corrected chi connectivity index (χ4v) is 0.572. The van der Waals surface area contributed by atoms with Gasteiger partial charge in [0.05, 0.1) is 0 Å². The van der Waals surface area contributed by atoms with Crippen molar-refractivity contribution >= 4 is 11.6 Å². The van der Waals surface area contributed by atoms with Crippen LogP contribution >= 0.6 is 0 Å². The van der Waals surface area contributed by atoms with Gasteiger partial charge in [-0.25, -0.2) is 0 Å². The predicted octanol–water partition coefficient (Wildman–Crippen LogP) is -1.15. The Labute approximate surface area is 108 Å². The molecule has 2 N–H and O–H groups in total. The molecule has 6 heteroatoms. The van der Waals surface area contributed by atoms with Crippen LogP contribution in [0, 0.1) is 0 Å². The van der Waals surface area contributed by atoms with Gasteiger partial charge in [-0.1, -0.05) is 13.8 Å². The van der Waals surface area contributed by atoms with Crippen molar-refractivity contribution in [2.75, 3.05) is 0 Å². The quantitative estimate of drug-likeness (QED) is 0.361. The Kier molecular flexibility index (Phi) is 21.3. The smallest absolute Gasteiger partial charge is 0.876 e. The van der Waals surface area contributed by atoms with Gasteiger partial charge in [0.1, 0.15) is 0 Å². The minimum Gasteiger partial charge on any atom is -0.876 e. The van der Waals surface area contributed by atoms with E-state index in [-0.39, 0.29) is 48.0 Å². The summed E-state index contributed by atoms with van der Waals surface area (Å²) >= 11 is 0. The summed E-state index contributed by atoms with van der Waals surface area (Å²) in [5.74, 6) is -0.750. The molecule has 0 rings (SSSR count). The van der Waals surface area contributed by atoms with Gasteiger partial charge >= 0.3 is 19.5 Å². The first-order valence-corrected chi connectivity index (χ1v) is 3.97. The molecule has 0 amide bonds. The molecule has 0 aromatic heterocycles. The molecule has 0 fully saturated rings. The first-order valence-electron chi connectivity index (χ1n) is 3.97. The average molecular weight is 282 g/mol. The van der Waals surface area contributed by atoms with Crippen molar-refractivity contribution < 1.29 is 44.8 Å². The van der Waals surface area contributed by atoms with Gasteiger partial charge in [0.2, 0.25) is 0 Å². The van der Waals surface area contributed by atoms with Crippen molar-refractivity contribution in [3.8, 4) is 0 Å². The van der Waals surface area contributed by atoms with Crippen molar-refractivity contribution in [3.63, 3.8) is 0 Å². The molecule has 0 aliphatic rings. The second-order valence-corrected chi connectivity index (χ2v) is 2.73. The van der Waals surface area contributed by atoms with Gasteiger partial charge in [-0.15, -0.1) is 11.5 Å². The van der Waals surface area contributed by atoms with Crippen LogP contribution in [0.2, 0.25) is 0 Å². The molecule has 0 heterocycles. The second-order valence-electron chi connectivity index (χ2n) is 2.73. The number of allylic oxidation sites excluding steroid dienone is 4. The molecule has 0 saturated heterocycles. The van der Waals surface area contributed by atoms with E-state index in [2.05, 4.69) is 0 Å². The Hall–Kier alpha value is -0.997. The third-order valence-electron chi connectivity index (χ3n) is 0.813. The van der Waals surface area contributed by atoms with Gasteiger partial charge in [-0.05, 0) is 26.0 Å². The fraction of sp³-hybridized carbons (Fsp3) is 0.400. The van der Waals surface area contributed by atoms with E-state index in [0.29, 0.717) is 0 Å². The van der Waals surface area contributed by atoms with E-state index in [1.54, 1.807) is 0 Å². The van der Waals surface area contributed by atoms with Crippen LogP contribution in [0.25, 0.3) is 0 Å². The normalized spacial score (nSPS) is 10.0. The van der Waals surface area contributed by atoms with Crippen molar-refractivity contribution in [2.24, 2.45) is 0 Å². The number of hydrogen-bond donors (Lipinski definition) is 0. The van der Waals surface area contributed by atoms with E-state index in [9.17, 15) is 19.8 Å². The summed E-state index contributed by atoms with van der Waals surface area (Å²) in [6.07, 6.45) is 2.11. The second kappa shape index (κ2) is 14.0. The largest absolute Gasteiger partial charge is 2.00 e. The molecule has 0 aliphatic carbocycles. The maximum atomic E-state index is 9.98. The third kappa shape index (κ3) is 38.2. The summed E-state index contributed by atoms with van der Waals surface area (Å²) in [5.41, 5.74) is 0. The van der Waals surface area contributed by atoms with Gasteiger partial charge in [0, 0.05) is 0 Å². The number of hydrogen-bond acceptors (Lipinski definition) is 4. The molecule has 0 aromatic carbocycles. The average Bonchev–Trinajstić information content (AvgIpc) is 1.79. The van der Waals surface area contributed by atoms with Crippen molar-refractivity contribution in [3.05, 3.63) is 23.7 Å². The van der Waals surface area contributed by atoms with Crippen LogP contribution in [0.4, 0.5) is 0 Å². The predicted molar refractivity (Wildman–Crippen MR) is 52.5 cm³/mol. The Morgan fingerprint density at radius 3 is 1.00 bits per heavy atom. The first-order chi connectivity index (χ1) is 6.25. The van der Waals surface area contributed by atoms with Crippen LogP contribution in [0.3, 0.4) is 0 Å². The minimum absolute atomic E-state index is 0. The topological polar surface area (TPSA) is 112 Å². The summed E-state index contributed by atoms with van der Waals surface area (Å²) in [6, 6.07) is 0. The molecule has 0 spiro atoms. The zero-order chi connectivity index (χ0) is 11.7. The molecule has 0 bridgehead atoms. The Morgan fingerprint density at radius 1 is 0.812 bits per heavy atom. The van der Waals surface area contributed by atoms with Crippen molar-refractivity contribution in [1.82, 2.24) is 0 Å². The molecule has 5 nitrogen and oxygen atoms in total. The molecule has 0 aliphatic heterocycles. The van der Waals surface area contributed by atoms with Crippen LogP contribution in [0.1, 0.15) is 27.7 Å². The number of ketones is 2. The third-order valence-corrected chi connectivity index (χ3v) is 0.813. The molecule has 0 aromatic rings. The number of carbonyl (C=O) groups excluding carboxylic acids is 2. The number of carbonyl (C=O) groups is 2. The molecular formula is C10H16O5Zn. The van der Waals surface area contributed by atoms with E-state index in [1.807, 2.05) is 0 Å². The first kappa shape index (κ1) is 24.3. The molecule has 16 heavy (non-hydrogen) atoms. The summed E-state index contributed by atoms with van der Waals surface area (Å²) in [7, 11) is 0. The molecule has 0 radical (unpaired) electrons. The van der Waals surface area contributed by atoms with Crippen LogP contribution < -0.4 is 10.2 Å². The SMILES string of the molecule is CC(=O)/C=C(\C)[O-].CC(=O)/C=C(\C)[O-].O.[Zn+2]. The Balaban J connectivity index is -0.0000000800. The fourth-order valence-electron chi connectivity index (χ4n) is 0.572. The van der Waals surface area contributed by atoms with Crippen LogP contribution in [-0.4, -0.2) is 17.0 Å². The van der Waals surface area contributed by atoms with Gasteiger partial charge in [0.25, 0.3) is 0 Å². The standard InChI is InChI=1S/2C5H8O2.H2O.Zn/c2*1-4(6)3-5(2)7;;/h2*3,6H,1-2H3;1H2;/q;;;+2/p-2/b2*4-3+;;. The van der Waals surface area contributed by atoms with E-state index < -0.39 is 0 Å². The summed E-state index contributed by atoms with van der Waals surface area (Å²) in [4.78, 5) is 20.0. The maximum absolute atomic E-state index is 9.98. The Morgan fingerprint density at radius 2 is 1.00 bits per heavy atom. The summed E-state index contributed by atoms with van der Waals surface area (Å²) in [6.45, 7) is 5.39. The molecule has 0 unspecified atom stereocenters. The van der Waals surface area contributed by atoms with Gasteiger partial charge < -0.3 is 15.7 Å².